The van der Waals surface area contributed by atoms with Crippen molar-refractivity contribution in [2.75, 3.05) is 32.8 Å². The normalized spacial score (nSPS) is 15.3. The number of nitrogens with zero attached hydrogens (tertiary/aromatic N) is 2. The average Bonchev–Trinajstić information content (AvgIpc) is 2.95. The molecule has 4 heteroatoms. The van der Waals surface area contributed by atoms with E-state index in [1.807, 2.05) is 30.3 Å². The van der Waals surface area contributed by atoms with E-state index in [-0.39, 0.29) is 6.61 Å². The van der Waals surface area contributed by atoms with Crippen molar-refractivity contribution < 1.29 is 4.74 Å². The lowest BCUT2D eigenvalue weighted by Gasteiger charge is -2.15. The van der Waals surface area contributed by atoms with E-state index in [1.54, 1.807) is 0 Å². The van der Waals surface area contributed by atoms with Gasteiger partial charge in [0.05, 0.1) is 0 Å². The van der Waals surface area contributed by atoms with Crippen LogP contribution in [0.3, 0.4) is 0 Å². The van der Waals surface area contributed by atoms with Crippen LogP contribution in [0.5, 0.6) is 5.75 Å². The van der Waals surface area contributed by atoms with Crippen molar-refractivity contribution in [3.8, 4) is 11.8 Å². The highest BCUT2D eigenvalue weighted by Gasteiger charge is 2.10. The molecule has 0 amide bonds. The molecule has 0 atom stereocenters. The smallest absolute Gasteiger partial charge is 0.174 e. The summed E-state index contributed by atoms with van der Waals surface area (Å²) >= 11 is 0. The first-order chi connectivity index (χ1) is 9.40. The Hall–Kier alpha value is -1.57. The molecule has 0 spiro atoms. The maximum Gasteiger partial charge on any atom is 0.174 e. The van der Waals surface area contributed by atoms with Gasteiger partial charge >= 0.3 is 0 Å². The van der Waals surface area contributed by atoms with E-state index in [0.29, 0.717) is 0 Å². The Morgan fingerprint density at radius 2 is 2.05 bits per heavy atom. The number of benzene rings is 1. The van der Waals surface area contributed by atoms with E-state index in [1.165, 1.54) is 25.9 Å². The maximum absolute atomic E-state index is 8.56. The molecule has 1 aromatic carbocycles. The quantitative estimate of drug-likeness (QED) is 0.758. The lowest BCUT2D eigenvalue weighted by molar-refractivity contribution is 0.333. The van der Waals surface area contributed by atoms with Gasteiger partial charge in [0.2, 0.25) is 0 Å². The third-order valence-corrected chi connectivity index (χ3v) is 3.38. The Balaban J connectivity index is 1.73. The SMILES string of the molecule is N#CCOc1ccccc1CNCCN1CCCC1. The highest BCUT2D eigenvalue weighted by Crippen LogP contribution is 2.17. The average molecular weight is 259 g/mol. The third kappa shape index (κ3) is 4.55. The van der Waals surface area contributed by atoms with Crippen molar-refractivity contribution >= 4 is 0 Å². The van der Waals surface area contributed by atoms with Gasteiger partial charge in [-0.05, 0) is 32.0 Å². The highest BCUT2D eigenvalue weighted by molar-refractivity contribution is 5.33. The van der Waals surface area contributed by atoms with Crippen molar-refractivity contribution in [1.29, 1.82) is 5.26 Å². The van der Waals surface area contributed by atoms with Gasteiger partial charge in [-0.15, -0.1) is 0 Å². The van der Waals surface area contributed by atoms with Crippen LogP contribution in [0.25, 0.3) is 0 Å². The molecular weight excluding hydrogens is 238 g/mol. The third-order valence-electron chi connectivity index (χ3n) is 3.38. The van der Waals surface area contributed by atoms with Crippen LogP contribution in [0.2, 0.25) is 0 Å². The van der Waals surface area contributed by atoms with E-state index in [0.717, 1.165) is 30.9 Å². The van der Waals surface area contributed by atoms with Crippen LogP contribution in [-0.4, -0.2) is 37.7 Å². The zero-order chi connectivity index (χ0) is 13.3. The molecule has 102 valence electrons. The summed E-state index contributed by atoms with van der Waals surface area (Å²) in [5, 5.41) is 12.0. The number of hydrogen-bond acceptors (Lipinski definition) is 4. The molecule has 2 rings (SSSR count). The summed E-state index contributed by atoms with van der Waals surface area (Å²) < 4.78 is 5.41. The topological polar surface area (TPSA) is 48.3 Å². The molecule has 1 aliphatic heterocycles. The van der Waals surface area contributed by atoms with Crippen molar-refractivity contribution in [3.63, 3.8) is 0 Å². The van der Waals surface area contributed by atoms with Gasteiger partial charge in [-0.25, -0.2) is 0 Å². The molecule has 1 saturated heterocycles. The van der Waals surface area contributed by atoms with Gasteiger partial charge in [0.15, 0.2) is 6.61 Å². The van der Waals surface area contributed by atoms with Crippen LogP contribution in [0.15, 0.2) is 24.3 Å². The van der Waals surface area contributed by atoms with E-state index < -0.39 is 0 Å². The van der Waals surface area contributed by atoms with E-state index in [2.05, 4.69) is 10.2 Å². The minimum absolute atomic E-state index is 0.102. The Morgan fingerprint density at radius 3 is 2.84 bits per heavy atom. The molecule has 1 fully saturated rings. The maximum atomic E-state index is 8.56. The molecule has 4 nitrogen and oxygen atoms in total. The zero-order valence-electron chi connectivity index (χ0n) is 11.3. The molecule has 0 bridgehead atoms. The van der Waals surface area contributed by atoms with Crippen LogP contribution < -0.4 is 10.1 Å². The lowest BCUT2D eigenvalue weighted by Crippen LogP contribution is -2.29. The van der Waals surface area contributed by atoms with Gasteiger partial charge in [-0.2, -0.15) is 5.26 Å². The molecule has 1 aromatic rings. The van der Waals surface area contributed by atoms with Crippen LogP contribution >= 0.6 is 0 Å². The van der Waals surface area contributed by atoms with Gasteiger partial charge in [-0.1, -0.05) is 18.2 Å². The molecule has 0 saturated carbocycles. The van der Waals surface area contributed by atoms with Crippen molar-refractivity contribution in [2.24, 2.45) is 0 Å². The van der Waals surface area contributed by atoms with E-state index >= 15 is 0 Å². The van der Waals surface area contributed by atoms with Crippen LogP contribution in [0.1, 0.15) is 18.4 Å². The Bertz CT molecular complexity index is 422. The number of hydrogen-bond donors (Lipinski definition) is 1. The fourth-order valence-corrected chi connectivity index (χ4v) is 2.37. The molecule has 1 aliphatic rings. The molecule has 1 heterocycles. The van der Waals surface area contributed by atoms with Gasteiger partial charge in [0.25, 0.3) is 0 Å². The molecule has 0 aromatic heterocycles. The largest absolute Gasteiger partial charge is 0.478 e. The number of nitrogens with one attached hydrogen (secondary N) is 1. The van der Waals surface area contributed by atoms with Crippen LogP contribution in [0, 0.1) is 11.3 Å². The molecule has 0 unspecified atom stereocenters. The van der Waals surface area contributed by atoms with Gasteiger partial charge in [0.1, 0.15) is 11.8 Å². The number of ether oxygens (including phenoxy) is 1. The van der Waals surface area contributed by atoms with Crippen LogP contribution in [0.4, 0.5) is 0 Å². The van der Waals surface area contributed by atoms with Gasteiger partial charge in [0, 0.05) is 25.2 Å². The van der Waals surface area contributed by atoms with Crippen molar-refractivity contribution in [2.45, 2.75) is 19.4 Å². The summed E-state index contributed by atoms with van der Waals surface area (Å²) in [4.78, 5) is 2.49. The fourth-order valence-electron chi connectivity index (χ4n) is 2.37. The molecule has 19 heavy (non-hydrogen) atoms. The minimum atomic E-state index is 0.102. The van der Waals surface area contributed by atoms with Gasteiger partial charge in [-0.3, -0.25) is 0 Å². The number of rotatable bonds is 7. The van der Waals surface area contributed by atoms with Crippen molar-refractivity contribution in [3.05, 3.63) is 29.8 Å². The highest BCUT2D eigenvalue weighted by atomic mass is 16.5. The Labute approximate surface area is 115 Å². The summed E-state index contributed by atoms with van der Waals surface area (Å²) in [6.07, 6.45) is 2.68. The number of likely N-dealkylation sites (tertiary alicyclic amines) is 1. The summed E-state index contributed by atoms with van der Waals surface area (Å²) in [6, 6.07) is 9.87. The minimum Gasteiger partial charge on any atom is -0.478 e. The van der Waals surface area contributed by atoms with E-state index in [9.17, 15) is 0 Å². The van der Waals surface area contributed by atoms with E-state index in [4.69, 9.17) is 10.00 Å². The predicted molar refractivity (Wildman–Crippen MR) is 74.9 cm³/mol. The summed E-state index contributed by atoms with van der Waals surface area (Å²) in [6.45, 7) is 5.47. The molecule has 1 N–H and O–H groups in total. The molecule has 0 radical (unpaired) electrons. The predicted octanol–water partition coefficient (Wildman–Crippen LogP) is 1.77. The summed E-state index contributed by atoms with van der Waals surface area (Å²) in [5.41, 5.74) is 1.11. The second-order valence-corrected chi connectivity index (χ2v) is 4.78. The summed E-state index contributed by atoms with van der Waals surface area (Å²) in [5.74, 6) is 0.803. The Morgan fingerprint density at radius 1 is 1.26 bits per heavy atom. The Kier molecular flexibility index (Phi) is 5.67. The first-order valence-electron chi connectivity index (χ1n) is 6.91. The summed E-state index contributed by atoms with van der Waals surface area (Å²) in [7, 11) is 0. The first-order valence-corrected chi connectivity index (χ1v) is 6.91. The number of nitriles is 1. The lowest BCUT2D eigenvalue weighted by atomic mass is 10.2. The molecular formula is C15H21N3O. The first kappa shape index (κ1) is 13.9. The van der Waals surface area contributed by atoms with Crippen molar-refractivity contribution in [1.82, 2.24) is 10.2 Å². The number of para-hydroxylation sites is 1. The monoisotopic (exact) mass is 259 g/mol. The fraction of sp³-hybridized carbons (Fsp3) is 0.533. The molecule has 0 aliphatic carbocycles. The van der Waals surface area contributed by atoms with Crippen LogP contribution in [-0.2, 0) is 6.54 Å². The zero-order valence-corrected chi connectivity index (χ0v) is 11.3. The van der Waals surface area contributed by atoms with Gasteiger partial charge < -0.3 is 15.0 Å². The second kappa shape index (κ2) is 7.78. The standard InChI is InChI=1S/C15H21N3O/c16-7-12-19-15-6-2-1-5-14(15)13-17-8-11-18-9-3-4-10-18/h1-2,5-6,17H,3-4,8-13H2. The second-order valence-electron chi connectivity index (χ2n) is 4.78.